The smallest absolute Gasteiger partial charge is 0.352 e. The van der Waals surface area contributed by atoms with E-state index in [2.05, 4.69) is 5.10 Å². The summed E-state index contributed by atoms with van der Waals surface area (Å²) in [5.41, 5.74) is -0.679. The van der Waals surface area contributed by atoms with Gasteiger partial charge in [-0.3, -0.25) is 19.0 Å². The standard InChI is InChI=1S/C24H25N5O5/c1-17(30)26-11-13-27(14-12-26)22(31)21-23(32)28(16-18-7-4-3-5-8-18)24(33)29(25-21)19-9-6-10-20(15-19)34-2/h3-10,15H,11-14,16H2,1-2H3. The van der Waals surface area contributed by atoms with Gasteiger partial charge >= 0.3 is 5.69 Å². The summed E-state index contributed by atoms with van der Waals surface area (Å²) < 4.78 is 7.31. The maximum atomic E-state index is 13.3. The number of carbonyl (C=O) groups is 2. The van der Waals surface area contributed by atoms with Crippen LogP contribution in [0.4, 0.5) is 0 Å². The molecule has 1 aliphatic rings. The van der Waals surface area contributed by atoms with Gasteiger partial charge in [-0.2, -0.15) is 9.78 Å². The van der Waals surface area contributed by atoms with Crippen LogP contribution in [0, 0.1) is 0 Å². The molecule has 0 spiro atoms. The Morgan fingerprint density at radius 1 is 0.941 bits per heavy atom. The molecule has 1 aromatic heterocycles. The molecule has 0 radical (unpaired) electrons. The van der Waals surface area contributed by atoms with E-state index >= 15 is 0 Å². The zero-order valence-electron chi connectivity index (χ0n) is 19.0. The highest BCUT2D eigenvalue weighted by Crippen LogP contribution is 2.15. The number of aromatic nitrogens is 3. The quantitative estimate of drug-likeness (QED) is 0.553. The first-order valence-corrected chi connectivity index (χ1v) is 10.9. The first-order chi connectivity index (χ1) is 16.4. The fraction of sp³-hybridized carbons (Fsp3) is 0.292. The minimum atomic E-state index is -0.757. The number of hydrogen-bond acceptors (Lipinski definition) is 6. The van der Waals surface area contributed by atoms with Crippen molar-refractivity contribution in [1.82, 2.24) is 24.1 Å². The van der Waals surface area contributed by atoms with Gasteiger partial charge in [-0.25, -0.2) is 4.79 Å². The van der Waals surface area contributed by atoms with E-state index in [1.54, 1.807) is 41.3 Å². The summed E-state index contributed by atoms with van der Waals surface area (Å²) in [6.07, 6.45) is 0. The van der Waals surface area contributed by atoms with Crippen LogP contribution in [0.15, 0.2) is 64.2 Å². The Labute approximate surface area is 195 Å². The number of carbonyl (C=O) groups excluding carboxylic acids is 2. The molecule has 4 rings (SSSR count). The number of methoxy groups -OCH3 is 1. The Hall–Kier alpha value is -4.21. The van der Waals surface area contributed by atoms with E-state index in [4.69, 9.17) is 4.74 Å². The van der Waals surface area contributed by atoms with E-state index in [1.807, 2.05) is 18.2 Å². The van der Waals surface area contributed by atoms with Crippen molar-refractivity contribution in [2.75, 3.05) is 33.3 Å². The lowest BCUT2D eigenvalue weighted by Gasteiger charge is -2.33. The minimum Gasteiger partial charge on any atom is -0.497 e. The summed E-state index contributed by atoms with van der Waals surface area (Å²) in [6, 6.07) is 15.7. The van der Waals surface area contributed by atoms with Crippen LogP contribution in [0.5, 0.6) is 5.75 Å². The van der Waals surface area contributed by atoms with Crippen molar-refractivity contribution in [3.05, 3.63) is 86.7 Å². The molecule has 10 nitrogen and oxygen atoms in total. The second-order valence-electron chi connectivity index (χ2n) is 7.92. The van der Waals surface area contributed by atoms with Gasteiger partial charge in [0.2, 0.25) is 11.6 Å². The van der Waals surface area contributed by atoms with Gasteiger partial charge in [0, 0.05) is 39.2 Å². The molecule has 2 heterocycles. The molecule has 2 aromatic carbocycles. The first-order valence-electron chi connectivity index (χ1n) is 10.9. The minimum absolute atomic E-state index is 0.0105. The molecular weight excluding hydrogens is 438 g/mol. The van der Waals surface area contributed by atoms with Gasteiger partial charge in [0.25, 0.3) is 11.5 Å². The molecule has 0 atom stereocenters. The highest BCUT2D eigenvalue weighted by atomic mass is 16.5. The number of ether oxygens (including phenoxy) is 1. The molecule has 0 saturated carbocycles. The Morgan fingerprint density at radius 3 is 2.26 bits per heavy atom. The molecule has 0 aliphatic carbocycles. The zero-order chi connectivity index (χ0) is 24.2. The third kappa shape index (κ3) is 4.61. The SMILES string of the molecule is COc1cccc(-n2nc(C(=O)N3CCN(C(C)=O)CC3)c(=O)n(Cc3ccccc3)c2=O)c1. The second-order valence-corrected chi connectivity index (χ2v) is 7.92. The van der Waals surface area contributed by atoms with Gasteiger partial charge in [-0.05, 0) is 17.7 Å². The molecule has 1 fully saturated rings. The lowest BCUT2D eigenvalue weighted by molar-refractivity contribution is -0.130. The third-order valence-corrected chi connectivity index (χ3v) is 5.76. The van der Waals surface area contributed by atoms with Gasteiger partial charge in [0.05, 0.1) is 19.3 Å². The molecule has 2 amide bonds. The summed E-state index contributed by atoms with van der Waals surface area (Å²) in [6.45, 7) is 2.76. The van der Waals surface area contributed by atoms with Crippen LogP contribution < -0.4 is 16.0 Å². The predicted molar refractivity (Wildman–Crippen MR) is 124 cm³/mol. The zero-order valence-corrected chi connectivity index (χ0v) is 19.0. The van der Waals surface area contributed by atoms with E-state index in [0.717, 1.165) is 14.8 Å². The molecule has 0 unspecified atom stereocenters. The van der Waals surface area contributed by atoms with E-state index in [1.165, 1.54) is 18.9 Å². The monoisotopic (exact) mass is 463 g/mol. The van der Waals surface area contributed by atoms with Crippen molar-refractivity contribution in [1.29, 1.82) is 0 Å². The molecule has 3 aromatic rings. The van der Waals surface area contributed by atoms with Gasteiger partial charge < -0.3 is 14.5 Å². The van der Waals surface area contributed by atoms with Crippen molar-refractivity contribution in [2.45, 2.75) is 13.5 Å². The Bertz CT molecular complexity index is 1320. The second kappa shape index (κ2) is 9.74. The van der Waals surface area contributed by atoms with Crippen molar-refractivity contribution in [3.63, 3.8) is 0 Å². The van der Waals surface area contributed by atoms with Crippen molar-refractivity contribution in [3.8, 4) is 11.4 Å². The first kappa shape index (κ1) is 23.0. The maximum absolute atomic E-state index is 13.3. The maximum Gasteiger partial charge on any atom is 0.352 e. The molecule has 1 saturated heterocycles. The molecule has 0 bridgehead atoms. The lowest BCUT2D eigenvalue weighted by atomic mass is 10.2. The van der Waals surface area contributed by atoms with Gasteiger partial charge in [-0.1, -0.05) is 36.4 Å². The fourth-order valence-electron chi connectivity index (χ4n) is 3.84. The van der Waals surface area contributed by atoms with Gasteiger partial charge in [-0.15, -0.1) is 0 Å². The number of benzene rings is 2. The normalized spacial score (nSPS) is 13.6. The van der Waals surface area contributed by atoms with Crippen molar-refractivity contribution >= 4 is 11.8 Å². The van der Waals surface area contributed by atoms with E-state index in [0.29, 0.717) is 24.5 Å². The number of amides is 2. The molecule has 176 valence electrons. The molecular formula is C24H25N5O5. The van der Waals surface area contributed by atoms with Crippen LogP contribution in [-0.2, 0) is 11.3 Å². The van der Waals surface area contributed by atoms with Crippen LogP contribution in [0.3, 0.4) is 0 Å². The molecule has 10 heteroatoms. The fourth-order valence-corrected chi connectivity index (χ4v) is 3.84. The number of nitrogens with zero attached hydrogens (tertiary/aromatic N) is 5. The third-order valence-electron chi connectivity index (χ3n) is 5.76. The van der Waals surface area contributed by atoms with Crippen LogP contribution in [0.25, 0.3) is 5.69 Å². The summed E-state index contributed by atoms with van der Waals surface area (Å²) in [7, 11) is 1.50. The predicted octanol–water partition coefficient (Wildman–Crippen LogP) is 0.755. The van der Waals surface area contributed by atoms with E-state index < -0.39 is 17.2 Å². The Morgan fingerprint density at radius 2 is 1.62 bits per heavy atom. The average Bonchev–Trinajstić information content (AvgIpc) is 2.87. The van der Waals surface area contributed by atoms with Crippen LogP contribution in [0.1, 0.15) is 23.0 Å². The molecule has 1 aliphatic heterocycles. The van der Waals surface area contributed by atoms with E-state index in [9.17, 15) is 19.2 Å². The van der Waals surface area contributed by atoms with Crippen LogP contribution in [0.2, 0.25) is 0 Å². The van der Waals surface area contributed by atoms with Crippen molar-refractivity contribution < 1.29 is 14.3 Å². The largest absolute Gasteiger partial charge is 0.497 e. The highest BCUT2D eigenvalue weighted by Gasteiger charge is 2.28. The number of rotatable bonds is 5. The number of piperazine rings is 1. The Kier molecular flexibility index (Phi) is 6.58. The van der Waals surface area contributed by atoms with Crippen LogP contribution >= 0.6 is 0 Å². The van der Waals surface area contributed by atoms with Gasteiger partial charge in [0.15, 0.2) is 0 Å². The summed E-state index contributed by atoms with van der Waals surface area (Å²) in [4.78, 5) is 54.7. The number of hydrogen-bond donors (Lipinski definition) is 0. The Balaban J connectivity index is 1.80. The lowest BCUT2D eigenvalue weighted by Crippen LogP contribution is -2.52. The average molecular weight is 463 g/mol. The van der Waals surface area contributed by atoms with Gasteiger partial charge in [0.1, 0.15) is 5.75 Å². The summed E-state index contributed by atoms with van der Waals surface area (Å²) in [5.74, 6) is -0.145. The molecule has 34 heavy (non-hydrogen) atoms. The topological polar surface area (TPSA) is 107 Å². The molecule has 0 N–H and O–H groups in total. The summed E-state index contributed by atoms with van der Waals surface area (Å²) in [5, 5.41) is 4.19. The highest BCUT2D eigenvalue weighted by molar-refractivity contribution is 5.92. The van der Waals surface area contributed by atoms with E-state index in [-0.39, 0.29) is 31.2 Å². The summed E-state index contributed by atoms with van der Waals surface area (Å²) >= 11 is 0. The van der Waals surface area contributed by atoms with Crippen LogP contribution in [-0.4, -0.2) is 69.3 Å². The van der Waals surface area contributed by atoms with Crippen molar-refractivity contribution in [2.24, 2.45) is 0 Å².